The van der Waals surface area contributed by atoms with Crippen LogP contribution in [0.5, 0.6) is 5.75 Å². The summed E-state index contributed by atoms with van der Waals surface area (Å²) in [6.45, 7) is 1.71. The first kappa shape index (κ1) is 10.8. The van der Waals surface area contributed by atoms with Crippen molar-refractivity contribution in [1.82, 2.24) is 4.90 Å². The maximum Gasteiger partial charge on any atom is 0.231 e. The first-order valence-corrected chi connectivity index (χ1v) is 5.06. The van der Waals surface area contributed by atoms with Crippen molar-refractivity contribution in [3.63, 3.8) is 0 Å². The lowest BCUT2D eigenvalue weighted by Gasteiger charge is -2.10. The first-order valence-electron chi connectivity index (χ1n) is 5.06. The summed E-state index contributed by atoms with van der Waals surface area (Å²) in [6.07, 6.45) is 0. The molecule has 1 aromatic carbocycles. The number of rotatable bonds is 3. The molecule has 1 heterocycles. The molecule has 0 saturated heterocycles. The number of anilines is 1. The summed E-state index contributed by atoms with van der Waals surface area (Å²) in [5, 5.41) is 0. The highest BCUT2D eigenvalue weighted by molar-refractivity contribution is 5.76. The van der Waals surface area contributed by atoms with E-state index in [0.717, 1.165) is 17.7 Å². The highest BCUT2D eigenvalue weighted by atomic mass is 16.5. The molecule has 1 aliphatic heterocycles. The van der Waals surface area contributed by atoms with E-state index in [9.17, 15) is 4.79 Å². The lowest BCUT2D eigenvalue weighted by atomic mass is 10.1. The number of nitrogens with two attached hydrogens (primary N) is 2. The van der Waals surface area contributed by atoms with Gasteiger partial charge in [-0.2, -0.15) is 0 Å². The highest BCUT2D eigenvalue weighted by Gasteiger charge is 2.21. The van der Waals surface area contributed by atoms with Crippen molar-refractivity contribution in [2.45, 2.75) is 13.1 Å². The van der Waals surface area contributed by atoms with Gasteiger partial charge in [0.15, 0.2) is 0 Å². The third-order valence-corrected chi connectivity index (χ3v) is 2.72. The average molecular weight is 221 g/mol. The molecule has 4 N–H and O–H groups in total. The third-order valence-electron chi connectivity index (χ3n) is 2.72. The van der Waals surface area contributed by atoms with Crippen molar-refractivity contribution in [1.29, 1.82) is 0 Å². The average Bonchev–Trinajstić information content (AvgIpc) is 2.56. The van der Waals surface area contributed by atoms with Crippen molar-refractivity contribution in [2.24, 2.45) is 5.73 Å². The van der Waals surface area contributed by atoms with Crippen LogP contribution < -0.4 is 16.2 Å². The minimum absolute atomic E-state index is 0.275. The summed E-state index contributed by atoms with van der Waals surface area (Å²) in [4.78, 5) is 12.8. The van der Waals surface area contributed by atoms with E-state index in [0.29, 0.717) is 18.0 Å². The molecule has 0 atom stereocenters. The zero-order valence-electron chi connectivity index (χ0n) is 9.19. The van der Waals surface area contributed by atoms with Gasteiger partial charge in [-0.25, -0.2) is 0 Å². The molecule has 2 rings (SSSR count). The number of hydrogen-bond donors (Lipinski definition) is 2. The summed E-state index contributed by atoms with van der Waals surface area (Å²) in [5.74, 6) is 0.368. The molecule has 0 unspecified atom stereocenters. The molecule has 1 aliphatic rings. The lowest BCUT2D eigenvalue weighted by Crippen LogP contribution is -2.29. The quantitative estimate of drug-likeness (QED) is 0.708. The molecule has 5 heteroatoms. The van der Waals surface area contributed by atoms with E-state index in [-0.39, 0.29) is 12.5 Å². The number of amides is 1. The van der Waals surface area contributed by atoms with Gasteiger partial charge in [0.1, 0.15) is 5.75 Å². The molecule has 1 aromatic rings. The van der Waals surface area contributed by atoms with Crippen molar-refractivity contribution < 1.29 is 9.53 Å². The minimum Gasteiger partial charge on any atom is -0.495 e. The number of nitrogens with zero attached hydrogens (tertiary/aromatic N) is 1. The van der Waals surface area contributed by atoms with Crippen LogP contribution >= 0.6 is 0 Å². The number of methoxy groups -OCH3 is 1. The van der Waals surface area contributed by atoms with Crippen LogP contribution in [0.4, 0.5) is 5.69 Å². The largest absolute Gasteiger partial charge is 0.495 e. The van der Waals surface area contributed by atoms with E-state index in [1.54, 1.807) is 7.11 Å². The van der Waals surface area contributed by atoms with Gasteiger partial charge in [-0.05, 0) is 23.3 Å². The Balaban J connectivity index is 2.21. The van der Waals surface area contributed by atoms with Crippen LogP contribution in [-0.2, 0) is 17.9 Å². The van der Waals surface area contributed by atoms with Gasteiger partial charge in [0.05, 0.1) is 19.3 Å². The molecule has 0 spiro atoms. The molecule has 0 radical (unpaired) electrons. The van der Waals surface area contributed by atoms with Gasteiger partial charge in [-0.15, -0.1) is 0 Å². The molecular weight excluding hydrogens is 206 g/mol. The Bertz CT molecular complexity index is 431. The van der Waals surface area contributed by atoms with Crippen molar-refractivity contribution in [2.75, 3.05) is 19.4 Å². The Kier molecular flexibility index (Phi) is 2.70. The molecule has 16 heavy (non-hydrogen) atoms. The zero-order chi connectivity index (χ0) is 11.7. The number of fused-ring (bicyclic) bond motifs is 1. The zero-order valence-corrected chi connectivity index (χ0v) is 9.19. The van der Waals surface area contributed by atoms with E-state index in [2.05, 4.69) is 0 Å². The van der Waals surface area contributed by atoms with Crippen LogP contribution in [0, 0.1) is 0 Å². The molecular formula is C11H15N3O2. The number of carbonyl (C=O) groups excluding carboxylic acids is 1. The normalized spacial score (nSPS) is 14.8. The van der Waals surface area contributed by atoms with Gasteiger partial charge < -0.3 is 16.2 Å². The Morgan fingerprint density at radius 2 is 2.06 bits per heavy atom. The van der Waals surface area contributed by atoms with E-state index in [1.165, 1.54) is 0 Å². The number of carbonyl (C=O) groups is 1. The van der Waals surface area contributed by atoms with Crippen LogP contribution in [0.15, 0.2) is 12.1 Å². The van der Waals surface area contributed by atoms with Crippen LogP contribution in [0.25, 0.3) is 0 Å². The summed E-state index contributed by atoms with van der Waals surface area (Å²) in [7, 11) is 1.59. The molecule has 86 valence electrons. The second-order valence-electron chi connectivity index (χ2n) is 3.97. The van der Waals surface area contributed by atoms with Gasteiger partial charge >= 0.3 is 0 Å². The lowest BCUT2D eigenvalue weighted by molar-refractivity contribution is -0.119. The summed E-state index contributed by atoms with van der Waals surface area (Å²) in [5.41, 5.74) is 13.9. The van der Waals surface area contributed by atoms with Crippen molar-refractivity contribution in [3.05, 3.63) is 23.3 Å². The minimum atomic E-state index is -0.312. The second kappa shape index (κ2) is 4.02. The first-order chi connectivity index (χ1) is 7.60. The maximum atomic E-state index is 10.8. The van der Waals surface area contributed by atoms with E-state index >= 15 is 0 Å². The molecule has 0 bridgehead atoms. The molecule has 0 fully saturated rings. The van der Waals surface area contributed by atoms with Crippen molar-refractivity contribution >= 4 is 11.6 Å². The molecule has 0 saturated carbocycles. The van der Waals surface area contributed by atoms with Crippen LogP contribution in [-0.4, -0.2) is 24.5 Å². The molecule has 1 amide bonds. The number of nitrogen functional groups attached to an aromatic ring is 1. The fraction of sp³-hybridized carbons (Fsp3) is 0.364. The van der Waals surface area contributed by atoms with Crippen LogP contribution in [0.1, 0.15) is 11.1 Å². The smallest absolute Gasteiger partial charge is 0.231 e. The monoisotopic (exact) mass is 221 g/mol. The van der Waals surface area contributed by atoms with Gasteiger partial charge in [-0.3, -0.25) is 9.69 Å². The third kappa shape index (κ3) is 1.94. The highest BCUT2D eigenvalue weighted by Crippen LogP contribution is 2.31. The summed E-state index contributed by atoms with van der Waals surface area (Å²) in [6, 6.07) is 3.82. The summed E-state index contributed by atoms with van der Waals surface area (Å²) >= 11 is 0. The molecule has 0 aliphatic carbocycles. The Morgan fingerprint density at radius 1 is 1.44 bits per heavy atom. The van der Waals surface area contributed by atoms with Gasteiger partial charge in [0.25, 0.3) is 0 Å². The van der Waals surface area contributed by atoms with E-state index < -0.39 is 0 Å². The summed E-state index contributed by atoms with van der Waals surface area (Å²) < 4.78 is 5.15. The van der Waals surface area contributed by atoms with Gasteiger partial charge in [-0.1, -0.05) is 0 Å². The maximum absolute atomic E-state index is 10.8. The van der Waals surface area contributed by atoms with Crippen LogP contribution in [0.2, 0.25) is 0 Å². The predicted octanol–water partition coefficient (Wildman–Crippen LogP) is 0.0783. The second-order valence-corrected chi connectivity index (χ2v) is 3.97. The SMILES string of the molecule is COc1cc2c(cc1N)CN(CC(N)=O)C2. The van der Waals surface area contributed by atoms with E-state index in [1.807, 2.05) is 17.0 Å². The molecule has 0 aromatic heterocycles. The van der Waals surface area contributed by atoms with Crippen LogP contribution in [0.3, 0.4) is 0 Å². The number of hydrogen-bond acceptors (Lipinski definition) is 4. The molecule has 5 nitrogen and oxygen atoms in total. The Labute approximate surface area is 94.0 Å². The Morgan fingerprint density at radius 3 is 2.62 bits per heavy atom. The number of benzene rings is 1. The van der Waals surface area contributed by atoms with Crippen molar-refractivity contribution in [3.8, 4) is 5.75 Å². The predicted molar refractivity (Wildman–Crippen MR) is 60.7 cm³/mol. The Hall–Kier alpha value is -1.75. The fourth-order valence-corrected chi connectivity index (χ4v) is 2.03. The topological polar surface area (TPSA) is 81.6 Å². The standard InChI is InChI=1S/C11H15N3O2/c1-16-10-3-8-5-14(6-11(13)15)4-7(8)2-9(10)12/h2-3H,4-6,12H2,1H3,(H2,13,15). The van der Waals surface area contributed by atoms with Gasteiger partial charge in [0, 0.05) is 13.1 Å². The fourth-order valence-electron chi connectivity index (χ4n) is 2.03. The number of primary amides is 1. The number of ether oxygens (including phenoxy) is 1. The van der Waals surface area contributed by atoms with E-state index in [4.69, 9.17) is 16.2 Å². The van der Waals surface area contributed by atoms with Gasteiger partial charge in [0.2, 0.25) is 5.91 Å².